The van der Waals surface area contributed by atoms with E-state index in [1.165, 1.54) is 6.33 Å². The lowest BCUT2D eigenvalue weighted by atomic mass is 9.99. The van der Waals surface area contributed by atoms with Crippen molar-refractivity contribution in [1.82, 2.24) is 9.97 Å². The number of furan rings is 1. The van der Waals surface area contributed by atoms with Crippen molar-refractivity contribution in [3.8, 4) is 28.2 Å². The SMILES string of the molecule is COc1ccc(-c2c(-c3ccccc3)oc3ncnc(NCCCC=CC(=O)O)c23)cc1. The zero-order valence-corrected chi connectivity index (χ0v) is 17.6. The summed E-state index contributed by atoms with van der Waals surface area (Å²) in [7, 11) is 1.64. The topological polar surface area (TPSA) is 97.5 Å². The Morgan fingerprint density at radius 2 is 1.88 bits per heavy atom. The standard InChI is InChI=1S/C25H23N3O4/c1-31-19-13-11-17(12-14-19)21-22-24(26-15-7-3-6-10-20(29)30)27-16-28-25(22)32-23(21)18-8-4-2-5-9-18/h2,4-6,8-14,16H,3,7,15H2,1H3,(H,29,30)(H,26,27,28). The van der Waals surface area contributed by atoms with Crippen LogP contribution < -0.4 is 10.1 Å². The Labute approximate surface area is 185 Å². The van der Waals surface area contributed by atoms with Gasteiger partial charge >= 0.3 is 5.97 Å². The van der Waals surface area contributed by atoms with Gasteiger partial charge in [0.05, 0.1) is 12.5 Å². The zero-order valence-electron chi connectivity index (χ0n) is 17.6. The van der Waals surface area contributed by atoms with Crippen molar-refractivity contribution in [2.24, 2.45) is 0 Å². The van der Waals surface area contributed by atoms with E-state index in [9.17, 15) is 4.79 Å². The van der Waals surface area contributed by atoms with E-state index in [1.54, 1.807) is 13.2 Å². The number of allylic oxidation sites excluding steroid dienone is 1. The fourth-order valence-electron chi connectivity index (χ4n) is 3.50. The van der Waals surface area contributed by atoms with Gasteiger partial charge in [-0.3, -0.25) is 0 Å². The maximum atomic E-state index is 10.6. The lowest BCUT2D eigenvalue weighted by Crippen LogP contribution is -2.04. The van der Waals surface area contributed by atoms with Crippen LogP contribution in [-0.4, -0.2) is 34.7 Å². The van der Waals surface area contributed by atoms with E-state index in [-0.39, 0.29) is 0 Å². The van der Waals surface area contributed by atoms with Crippen LogP contribution in [0.5, 0.6) is 5.75 Å². The molecule has 0 aliphatic rings. The highest BCUT2D eigenvalue weighted by Gasteiger charge is 2.22. The van der Waals surface area contributed by atoms with E-state index < -0.39 is 5.97 Å². The molecule has 0 saturated carbocycles. The molecular weight excluding hydrogens is 406 g/mol. The minimum atomic E-state index is -0.938. The normalized spacial score (nSPS) is 11.2. The first kappa shape index (κ1) is 21.1. The van der Waals surface area contributed by atoms with Gasteiger partial charge in [-0.05, 0) is 30.5 Å². The second-order valence-electron chi connectivity index (χ2n) is 7.11. The second-order valence-corrected chi connectivity index (χ2v) is 7.11. The monoisotopic (exact) mass is 429 g/mol. The molecule has 2 heterocycles. The van der Waals surface area contributed by atoms with Gasteiger partial charge in [-0.1, -0.05) is 48.5 Å². The number of benzene rings is 2. The van der Waals surface area contributed by atoms with Crippen LogP contribution in [0.15, 0.2) is 77.5 Å². The Morgan fingerprint density at radius 1 is 1.09 bits per heavy atom. The third kappa shape index (κ3) is 4.62. The third-order valence-electron chi connectivity index (χ3n) is 5.00. The minimum Gasteiger partial charge on any atom is -0.497 e. The van der Waals surface area contributed by atoms with Crippen LogP contribution >= 0.6 is 0 Å². The molecule has 0 amide bonds. The second kappa shape index (κ2) is 9.78. The van der Waals surface area contributed by atoms with E-state index in [1.807, 2.05) is 54.6 Å². The summed E-state index contributed by atoms with van der Waals surface area (Å²) in [5.41, 5.74) is 3.31. The summed E-state index contributed by atoms with van der Waals surface area (Å²) >= 11 is 0. The number of nitrogens with one attached hydrogen (secondary N) is 1. The molecule has 0 fully saturated rings. The molecule has 2 N–H and O–H groups in total. The first-order valence-corrected chi connectivity index (χ1v) is 10.3. The van der Waals surface area contributed by atoms with E-state index in [0.29, 0.717) is 24.5 Å². The third-order valence-corrected chi connectivity index (χ3v) is 5.00. The molecule has 2 aromatic heterocycles. The van der Waals surface area contributed by atoms with Crippen LogP contribution in [0.4, 0.5) is 5.82 Å². The van der Waals surface area contributed by atoms with Crippen molar-refractivity contribution >= 4 is 22.9 Å². The number of carboxylic acids is 1. The average molecular weight is 429 g/mol. The number of aliphatic carboxylic acids is 1. The van der Waals surface area contributed by atoms with Crippen LogP contribution in [0.1, 0.15) is 12.8 Å². The molecule has 7 heteroatoms. The Bertz CT molecular complexity index is 1230. The molecule has 4 aromatic rings. The van der Waals surface area contributed by atoms with Crippen molar-refractivity contribution < 1.29 is 19.1 Å². The number of carboxylic acid groups (broad SMARTS) is 1. The number of carbonyl (C=O) groups is 1. The van der Waals surface area contributed by atoms with Gasteiger partial charge in [0.1, 0.15) is 23.7 Å². The number of anilines is 1. The first-order chi connectivity index (χ1) is 15.7. The summed E-state index contributed by atoms with van der Waals surface area (Å²) in [4.78, 5) is 19.4. The Kier molecular flexibility index (Phi) is 6.46. The Balaban J connectivity index is 1.74. The molecule has 0 unspecified atom stereocenters. The highest BCUT2D eigenvalue weighted by molar-refractivity contribution is 6.05. The molecule has 7 nitrogen and oxygen atoms in total. The summed E-state index contributed by atoms with van der Waals surface area (Å²) in [5, 5.41) is 12.9. The predicted octanol–water partition coefficient (Wildman–Crippen LogP) is 5.40. The lowest BCUT2D eigenvalue weighted by Gasteiger charge is -2.09. The summed E-state index contributed by atoms with van der Waals surface area (Å²) < 4.78 is 11.5. The van der Waals surface area contributed by atoms with Crippen molar-refractivity contribution in [3.63, 3.8) is 0 Å². The summed E-state index contributed by atoms with van der Waals surface area (Å²) in [6.07, 6.45) is 5.70. The molecule has 0 aliphatic heterocycles. The van der Waals surface area contributed by atoms with E-state index in [2.05, 4.69) is 15.3 Å². The van der Waals surface area contributed by atoms with Gasteiger partial charge in [0.25, 0.3) is 0 Å². The largest absolute Gasteiger partial charge is 0.497 e. The first-order valence-electron chi connectivity index (χ1n) is 10.3. The molecule has 162 valence electrons. The van der Waals surface area contributed by atoms with Crippen molar-refractivity contribution in [3.05, 3.63) is 73.1 Å². The molecule has 0 bridgehead atoms. The number of nitrogens with zero attached hydrogens (tertiary/aromatic N) is 2. The summed E-state index contributed by atoms with van der Waals surface area (Å²) in [6, 6.07) is 17.7. The number of hydrogen-bond donors (Lipinski definition) is 2. The van der Waals surface area contributed by atoms with Crippen LogP contribution in [0, 0.1) is 0 Å². The van der Waals surface area contributed by atoms with Crippen LogP contribution in [-0.2, 0) is 4.79 Å². The molecule has 0 atom stereocenters. The predicted molar refractivity (Wildman–Crippen MR) is 124 cm³/mol. The van der Waals surface area contributed by atoms with Gasteiger partial charge in [-0.25, -0.2) is 14.8 Å². The van der Waals surface area contributed by atoms with Crippen LogP contribution in [0.2, 0.25) is 0 Å². The number of methoxy groups -OCH3 is 1. The highest BCUT2D eigenvalue weighted by atomic mass is 16.5. The minimum absolute atomic E-state index is 0.498. The Morgan fingerprint density at radius 3 is 2.59 bits per heavy atom. The average Bonchev–Trinajstić information content (AvgIpc) is 3.22. The molecule has 0 radical (unpaired) electrons. The molecule has 0 saturated heterocycles. The Hall–Kier alpha value is -4.13. The van der Waals surface area contributed by atoms with E-state index in [4.69, 9.17) is 14.3 Å². The fraction of sp³-hybridized carbons (Fsp3) is 0.160. The van der Waals surface area contributed by atoms with Crippen molar-refractivity contribution in [2.45, 2.75) is 12.8 Å². The number of fused-ring (bicyclic) bond motifs is 1. The van der Waals surface area contributed by atoms with Crippen molar-refractivity contribution in [2.75, 3.05) is 19.0 Å². The van der Waals surface area contributed by atoms with Crippen LogP contribution in [0.3, 0.4) is 0 Å². The number of hydrogen-bond acceptors (Lipinski definition) is 6. The quantitative estimate of drug-likeness (QED) is 0.272. The molecule has 4 rings (SSSR count). The molecule has 32 heavy (non-hydrogen) atoms. The smallest absolute Gasteiger partial charge is 0.327 e. The van der Waals surface area contributed by atoms with Gasteiger partial charge in [0.2, 0.25) is 5.71 Å². The molecule has 0 spiro atoms. The molecule has 0 aliphatic carbocycles. The zero-order chi connectivity index (χ0) is 22.3. The van der Waals surface area contributed by atoms with Crippen LogP contribution in [0.25, 0.3) is 33.6 Å². The lowest BCUT2D eigenvalue weighted by molar-refractivity contribution is -0.131. The highest BCUT2D eigenvalue weighted by Crippen LogP contribution is 2.42. The molecular formula is C25H23N3O4. The number of ether oxygens (including phenoxy) is 1. The van der Waals surface area contributed by atoms with Gasteiger partial charge in [0.15, 0.2) is 0 Å². The maximum Gasteiger partial charge on any atom is 0.327 e. The number of unbranched alkanes of at least 4 members (excludes halogenated alkanes) is 1. The van der Waals surface area contributed by atoms with Crippen molar-refractivity contribution in [1.29, 1.82) is 0 Å². The fourth-order valence-corrected chi connectivity index (χ4v) is 3.50. The summed E-state index contributed by atoms with van der Waals surface area (Å²) in [5.74, 6) is 1.23. The van der Waals surface area contributed by atoms with E-state index in [0.717, 1.165) is 46.1 Å². The van der Waals surface area contributed by atoms with Gasteiger partial charge in [-0.15, -0.1) is 0 Å². The van der Waals surface area contributed by atoms with E-state index >= 15 is 0 Å². The van der Waals surface area contributed by atoms with Gasteiger partial charge in [0, 0.05) is 23.7 Å². The van der Waals surface area contributed by atoms with Gasteiger partial charge < -0.3 is 19.6 Å². The molecule has 2 aromatic carbocycles. The summed E-state index contributed by atoms with van der Waals surface area (Å²) in [6.45, 7) is 0.629. The number of rotatable bonds is 9. The van der Waals surface area contributed by atoms with Gasteiger partial charge in [-0.2, -0.15) is 0 Å². The number of aromatic nitrogens is 2. The maximum absolute atomic E-state index is 10.6.